The number of rotatable bonds is 3. The summed E-state index contributed by atoms with van der Waals surface area (Å²) in [5.74, 6) is 0.278. The van der Waals surface area contributed by atoms with Gasteiger partial charge in [-0.05, 0) is 61.5 Å². The number of halogens is 1. The van der Waals surface area contributed by atoms with Crippen molar-refractivity contribution >= 4 is 11.5 Å². The summed E-state index contributed by atoms with van der Waals surface area (Å²) in [4.78, 5) is 14.1. The molecule has 5 heteroatoms. The van der Waals surface area contributed by atoms with Gasteiger partial charge in [0.2, 0.25) is 0 Å². The standard InChI is InChI=1S/C23H25FN2O2/c1-3-26(2)22(27)17-9-7-16(8-10-17)18-15-23(11-13-25-14-12-23)28-20-6-4-5-19(24)21(18)20/h4-10,15,25H,3,11-14H2,1-2H3. The molecule has 0 atom stereocenters. The third-order valence-electron chi connectivity index (χ3n) is 5.68. The lowest BCUT2D eigenvalue weighted by atomic mass is 9.83. The Kier molecular flexibility index (Phi) is 4.94. The van der Waals surface area contributed by atoms with Crippen molar-refractivity contribution in [2.24, 2.45) is 0 Å². The Labute approximate surface area is 165 Å². The molecule has 0 aliphatic carbocycles. The van der Waals surface area contributed by atoms with Crippen LogP contribution in [0.1, 0.15) is 41.3 Å². The van der Waals surface area contributed by atoms with Crippen LogP contribution in [-0.4, -0.2) is 43.1 Å². The van der Waals surface area contributed by atoms with Gasteiger partial charge in [-0.3, -0.25) is 4.79 Å². The van der Waals surface area contributed by atoms with Crippen LogP contribution in [0, 0.1) is 5.82 Å². The minimum Gasteiger partial charge on any atom is -0.482 e. The van der Waals surface area contributed by atoms with E-state index >= 15 is 0 Å². The van der Waals surface area contributed by atoms with Gasteiger partial charge in [-0.25, -0.2) is 4.39 Å². The number of hydrogen-bond acceptors (Lipinski definition) is 3. The van der Waals surface area contributed by atoms with Gasteiger partial charge in [0.1, 0.15) is 17.2 Å². The molecule has 2 heterocycles. The Morgan fingerprint density at radius 2 is 1.89 bits per heavy atom. The Morgan fingerprint density at radius 1 is 1.18 bits per heavy atom. The van der Waals surface area contributed by atoms with Crippen molar-refractivity contribution in [2.75, 3.05) is 26.7 Å². The number of piperidine rings is 1. The molecule has 1 fully saturated rings. The summed E-state index contributed by atoms with van der Waals surface area (Å²) in [5, 5.41) is 3.36. The van der Waals surface area contributed by atoms with Crippen LogP contribution in [0.15, 0.2) is 48.5 Å². The molecule has 1 amide bonds. The molecule has 146 valence electrons. The maximum atomic E-state index is 14.7. The number of benzene rings is 2. The molecule has 0 aromatic heterocycles. The van der Waals surface area contributed by atoms with Gasteiger partial charge in [-0.2, -0.15) is 0 Å². The van der Waals surface area contributed by atoms with Gasteiger partial charge in [-0.1, -0.05) is 18.2 Å². The normalized spacial score (nSPS) is 17.5. The van der Waals surface area contributed by atoms with E-state index in [4.69, 9.17) is 4.74 Å². The molecule has 0 saturated carbocycles. The van der Waals surface area contributed by atoms with Gasteiger partial charge in [0, 0.05) is 32.0 Å². The second-order valence-corrected chi connectivity index (χ2v) is 7.48. The highest BCUT2D eigenvalue weighted by atomic mass is 19.1. The van der Waals surface area contributed by atoms with Crippen molar-refractivity contribution in [3.8, 4) is 5.75 Å². The number of amides is 1. The first-order chi connectivity index (χ1) is 13.5. The molecular weight excluding hydrogens is 355 g/mol. The van der Waals surface area contributed by atoms with Gasteiger partial charge in [-0.15, -0.1) is 0 Å². The van der Waals surface area contributed by atoms with Gasteiger partial charge in [0.15, 0.2) is 0 Å². The van der Waals surface area contributed by atoms with Crippen molar-refractivity contribution < 1.29 is 13.9 Å². The van der Waals surface area contributed by atoms with Crippen LogP contribution in [0.2, 0.25) is 0 Å². The van der Waals surface area contributed by atoms with Gasteiger partial charge in [0.05, 0.1) is 5.56 Å². The van der Waals surface area contributed by atoms with Gasteiger partial charge >= 0.3 is 0 Å². The number of nitrogens with zero attached hydrogens (tertiary/aromatic N) is 1. The Bertz CT molecular complexity index is 915. The van der Waals surface area contributed by atoms with Crippen molar-refractivity contribution in [3.63, 3.8) is 0 Å². The van der Waals surface area contributed by atoms with E-state index in [9.17, 15) is 9.18 Å². The largest absolute Gasteiger partial charge is 0.482 e. The van der Waals surface area contributed by atoms with E-state index in [1.54, 1.807) is 18.0 Å². The fourth-order valence-electron chi connectivity index (χ4n) is 3.91. The number of hydrogen-bond donors (Lipinski definition) is 1. The zero-order valence-corrected chi connectivity index (χ0v) is 16.3. The summed E-state index contributed by atoms with van der Waals surface area (Å²) in [6.45, 7) is 4.33. The number of carbonyl (C=O) groups excluding carboxylic acids is 1. The summed E-state index contributed by atoms with van der Waals surface area (Å²) in [6.07, 6.45) is 3.75. The van der Waals surface area contributed by atoms with Crippen molar-refractivity contribution in [3.05, 3.63) is 71.0 Å². The van der Waals surface area contributed by atoms with E-state index in [1.165, 1.54) is 6.07 Å². The van der Waals surface area contributed by atoms with Crippen LogP contribution >= 0.6 is 0 Å². The first-order valence-electron chi connectivity index (χ1n) is 9.80. The summed E-state index contributed by atoms with van der Waals surface area (Å²) >= 11 is 0. The van der Waals surface area contributed by atoms with Gasteiger partial charge in [0.25, 0.3) is 5.91 Å². The van der Waals surface area contributed by atoms with E-state index in [-0.39, 0.29) is 11.7 Å². The molecule has 0 radical (unpaired) electrons. The molecule has 1 N–H and O–H groups in total. The molecule has 2 aliphatic rings. The molecular formula is C23H25FN2O2. The predicted octanol–water partition coefficient (Wildman–Crippen LogP) is 3.86. The van der Waals surface area contributed by atoms with Crippen LogP contribution in [0.4, 0.5) is 4.39 Å². The number of fused-ring (bicyclic) bond motifs is 1. The molecule has 1 spiro atoms. The Balaban J connectivity index is 1.77. The summed E-state index contributed by atoms with van der Waals surface area (Å²) in [7, 11) is 1.78. The third kappa shape index (κ3) is 3.31. The highest BCUT2D eigenvalue weighted by molar-refractivity contribution is 5.95. The monoisotopic (exact) mass is 380 g/mol. The SMILES string of the molecule is CCN(C)C(=O)c1ccc(C2=CC3(CCNCC3)Oc3cccc(F)c32)cc1. The minimum atomic E-state index is -0.418. The first kappa shape index (κ1) is 18.7. The molecule has 4 rings (SSSR count). The van der Waals surface area contributed by atoms with Crippen LogP contribution in [0.25, 0.3) is 5.57 Å². The average molecular weight is 380 g/mol. The zero-order valence-electron chi connectivity index (χ0n) is 16.3. The third-order valence-corrected chi connectivity index (χ3v) is 5.68. The molecule has 2 aliphatic heterocycles. The summed E-state index contributed by atoms with van der Waals surface area (Å²) in [6, 6.07) is 12.4. The Hall–Kier alpha value is -2.66. The number of carbonyl (C=O) groups is 1. The van der Waals surface area contributed by atoms with E-state index in [2.05, 4.69) is 11.4 Å². The fourth-order valence-corrected chi connectivity index (χ4v) is 3.91. The lowest BCUT2D eigenvalue weighted by molar-refractivity contribution is 0.0799. The van der Waals surface area contributed by atoms with E-state index in [0.717, 1.165) is 37.1 Å². The summed E-state index contributed by atoms with van der Waals surface area (Å²) < 4.78 is 21.0. The molecule has 28 heavy (non-hydrogen) atoms. The maximum absolute atomic E-state index is 14.7. The molecule has 0 unspecified atom stereocenters. The topological polar surface area (TPSA) is 41.6 Å². The molecule has 2 aromatic carbocycles. The number of nitrogens with one attached hydrogen (secondary N) is 1. The Morgan fingerprint density at radius 3 is 2.57 bits per heavy atom. The maximum Gasteiger partial charge on any atom is 0.253 e. The first-order valence-corrected chi connectivity index (χ1v) is 9.80. The predicted molar refractivity (Wildman–Crippen MR) is 108 cm³/mol. The molecule has 2 aromatic rings. The minimum absolute atomic E-state index is 0.0172. The van der Waals surface area contributed by atoms with Crippen molar-refractivity contribution in [1.82, 2.24) is 10.2 Å². The van der Waals surface area contributed by atoms with Crippen LogP contribution in [0.5, 0.6) is 5.75 Å². The zero-order chi connectivity index (χ0) is 19.7. The van der Waals surface area contributed by atoms with Crippen molar-refractivity contribution in [2.45, 2.75) is 25.4 Å². The lowest BCUT2D eigenvalue weighted by Crippen LogP contribution is -2.46. The highest BCUT2D eigenvalue weighted by Crippen LogP contribution is 2.43. The van der Waals surface area contributed by atoms with E-state index in [0.29, 0.717) is 23.4 Å². The molecule has 1 saturated heterocycles. The second-order valence-electron chi connectivity index (χ2n) is 7.48. The molecule has 4 nitrogen and oxygen atoms in total. The van der Waals surface area contributed by atoms with E-state index in [1.807, 2.05) is 37.3 Å². The van der Waals surface area contributed by atoms with Crippen LogP contribution < -0.4 is 10.1 Å². The fraction of sp³-hybridized carbons (Fsp3) is 0.348. The number of ether oxygens (including phenoxy) is 1. The van der Waals surface area contributed by atoms with Crippen LogP contribution in [-0.2, 0) is 0 Å². The smallest absolute Gasteiger partial charge is 0.253 e. The van der Waals surface area contributed by atoms with E-state index < -0.39 is 5.60 Å². The highest BCUT2D eigenvalue weighted by Gasteiger charge is 2.38. The second kappa shape index (κ2) is 7.40. The average Bonchev–Trinajstić information content (AvgIpc) is 2.73. The quantitative estimate of drug-likeness (QED) is 0.879. The summed E-state index contributed by atoms with van der Waals surface area (Å²) in [5.41, 5.74) is 2.44. The van der Waals surface area contributed by atoms with Gasteiger partial charge < -0.3 is 15.0 Å². The van der Waals surface area contributed by atoms with Crippen molar-refractivity contribution in [1.29, 1.82) is 0 Å². The lowest BCUT2D eigenvalue weighted by Gasteiger charge is -2.40. The molecule has 0 bridgehead atoms. The van der Waals surface area contributed by atoms with Crippen LogP contribution in [0.3, 0.4) is 0 Å².